The molecule has 1 heterocycles. The first kappa shape index (κ1) is 10.4. The van der Waals surface area contributed by atoms with E-state index in [1.165, 1.54) is 12.0 Å². The molecule has 2 N–H and O–H groups in total. The van der Waals surface area contributed by atoms with E-state index in [9.17, 15) is 15.0 Å². The predicted octanol–water partition coefficient (Wildman–Crippen LogP) is -0.718. The van der Waals surface area contributed by atoms with E-state index >= 15 is 0 Å². The highest BCUT2D eigenvalue weighted by Gasteiger charge is 2.37. The van der Waals surface area contributed by atoms with Crippen molar-refractivity contribution in [3.8, 4) is 0 Å². The molecule has 0 saturated carbocycles. The zero-order valence-corrected chi connectivity index (χ0v) is 7.86. The first-order valence-electron chi connectivity index (χ1n) is 4.26. The second kappa shape index (κ2) is 3.61. The molecule has 0 bridgehead atoms. The lowest BCUT2D eigenvalue weighted by molar-refractivity contribution is -0.221. The van der Waals surface area contributed by atoms with Crippen molar-refractivity contribution in [2.45, 2.75) is 32.0 Å². The molecule has 0 spiro atoms. The Morgan fingerprint density at radius 1 is 1.69 bits per heavy atom. The first-order valence-corrected chi connectivity index (χ1v) is 4.26. The molecule has 2 unspecified atom stereocenters. The van der Waals surface area contributed by atoms with E-state index in [2.05, 4.69) is 0 Å². The Kier molecular flexibility index (Phi) is 2.90. The highest BCUT2D eigenvalue weighted by atomic mass is 16.7. The minimum absolute atomic E-state index is 0.159. The van der Waals surface area contributed by atoms with Gasteiger partial charge in [-0.05, 0) is 13.3 Å². The summed E-state index contributed by atoms with van der Waals surface area (Å²) in [6.07, 6.45) is -0.484. The maximum atomic E-state index is 10.6. The Labute approximate surface area is 76.9 Å². The van der Waals surface area contributed by atoms with Crippen LogP contribution in [0.2, 0.25) is 0 Å². The van der Waals surface area contributed by atoms with Gasteiger partial charge in [-0.15, -0.1) is 5.06 Å². The summed E-state index contributed by atoms with van der Waals surface area (Å²) in [6.45, 7) is 3.48. The molecule has 1 saturated heterocycles. The monoisotopic (exact) mass is 189 g/mol. The van der Waals surface area contributed by atoms with Gasteiger partial charge in [0.2, 0.25) is 0 Å². The summed E-state index contributed by atoms with van der Waals surface area (Å²) >= 11 is 0. The van der Waals surface area contributed by atoms with Crippen molar-refractivity contribution in [1.82, 2.24) is 5.06 Å². The average molecular weight is 189 g/mol. The number of rotatable bonds is 1. The van der Waals surface area contributed by atoms with Gasteiger partial charge < -0.3 is 15.1 Å². The topological polar surface area (TPSA) is 70.0 Å². The number of hydrogen-bond donors (Lipinski definition) is 2. The predicted molar refractivity (Wildman–Crippen MR) is 44.6 cm³/mol. The summed E-state index contributed by atoms with van der Waals surface area (Å²) in [7, 11) is 0. The first-order chi connectivity index (χ1) is 5.92. The van der Waals surface area contributed by atoms with Crippen LogP contribution in [0.3, 0.4) is 0 Å². The summed E-state index contributed by atoms with van der Waals surface area (Å²) in [5, 5.41) is 20.4. The third kappa shape index (κ3) is 2.65. The van der Waals surface area contributed by atoms with Crippen LogP contribution >= 0.6 is 0 Å². The lowest BCUT2D eigenvalue weighted by atomic mass is 9.92. The lowest BCUT2D eigenvalue weighted by Crippen LogP contribution is -2.53. The molecule has 5 nitrogen and oxygen atoms in total. The van der Waals surface area contributed by atoms with Crippen molar-refractivity contribution in [3.63, 3.8) is 0 Å². The Hall–Kier alpha value is -0.650. The van der Waals surface area contributed by atoms with Crippen LogP contribution in [0.5, 0.6) is 0 Å². The van der Waals surface area contributed by atoms with Gasteiger partial charge in [-0.1, -0.05) is 0 Å². The van der Waals surface area contributed by atoms with Gasteiger partial charge in [-0.3, -0.25) is 4.79 Å². The van der Waals surface area contributed by atoms with Gasteiger partial charge in [0.25, 0.3) is 0 Å². The lowest BCUT2D eigenvalue weighted by Gasteiger charge is -2.38. The van der Waals surface area contributed by atoms with Crippen LogP contribution in [-0.2, 0) is 9.63 Å². The highest BCUT2D eigenvalue weighted by Crippen LogP contribution is 2.21. The van der Waals surface area contributed by atoms with Gasteiger partial charge in [0, 0.05) is 13.5 Å². The van der Waals surface area contributed by atoms with E-state index < -0.39 is 17.7 Å². The van der Waals surface area contributed by atoms with Crippen molar-refractivity contribution in [3.05, 3.63) is 0 Å². The van der Waals surface area contributed by atoms with Gasteiger partial charge in [0.05, 0.1) is 18.2 Å². The minimum Gasteiger partial charge on any atom is -0.389 e. The molecule has 76 valence electrons. The second-order valence-corrected chi connectivity index (χ2v) is 3.59. The Bertz CT molecular complexity index is 204. The molecular formula is C8H15NO4. The van der Waals surface area contributed by atoms with Crippen molar-refractivity contribution >= 4 is 5.97 Å². The number of aliphatic hydroxyl groups is 2. The number of aliphatic hydroxyl groups excluding tert-OH is 1. The summed E-state index contributed by atoms with van der Waals surface area (Å²) in [5.74, 6) is -0.409. The molecular weight excluding hydrogens is 174 g/mol. The molecule has 0 amide bonds. The van der Waals surface area contributed by atoms with E-state index in [4.69, 9.17) is 4.84 Å². The zero-order valence-electron chi connectivity index (χ0n) is 7.86. The van der Waals surface area contributed by atoms with Crippen LogP contribution < -0.4 is 0 Å². The smallest absolute Gasteiger partial charge is 0.322 e. The molecule has 1 fully saturated rings. The quantitative estimate of drug-likeness (QED) is 0.570. The number of piperidine rings is 1. The number of hydrogen-bond acceptors (Lipinski definition) is 5. The molecule has 1 rings (SSSR count). The Morgan fingerprint density at radius 2 is 2.31 bits per heavy atom. The molecule has 0 aliphatic carbocycles. The third-order valence-electron chi connectivity index (χ3n) is 2.22. The highest BCUT2D eigenvalue weighted by molar-refractivity contribution is 5.65. The van der Waals surface area contributed by atoms with Gasteiger partial charge in [-0.25, -0.2) is 0 Å². The Balaban J connectivity index is 2.46. The van der Waals surface area contributed by atoms with Crippen molar-refractivity contribution in [2.75, 3.05) is 13.1 Å². The molecule has 0 aromatic carbocycles. The molecule has 0 radical (unpaired) electrons. The zero-order chi connectivity index (χ0) is 10.1. The number of hydroxylamine groups is 2. The fourth-order valence-corrected chi connectivity index (χ4v) is 1.26. The Morgan fingerprint density at radius 3 is 2.77 bits per heavy atom. The molecule has 1 aliphatic heterocycles. The van der Waals surface area contributed by atoms with E-state index in [1.54, 1.807) is 6.92 Å². The number of nitrogens with zero attached hydrogens (tertiary/aromatic N) is 1. The molecule has 0 aromatic heterocycles. The van der Waals surface area contributed by atoms with E-state index in [0.717, 1.165) is 0 Å². The summed E-state index contributed by atoms with van der Waals surface area (Å²) in [6, 6.07) is 0. The van der Waals surface area contributed by atoms with E-state index in [-0.39, 0.29) is 6.54 Å². The fraction of sp³-hybridized carbons (Fsp3) is 0.875. The maximum Gasteiger partial charge on any atom is 0.322 e. The van der Waals surface area contributed by atoms with Crippen LogP contribution in [0, 0.1) is 0 Å². The van der Waals surface area contributed by atoms with Crippen LogP contribution in [0.4, 0.5) is 0 Å². The van der Waals surface area contributed by atoms with Gasteiger partial charge in [-0.2, -0.15) is 0 Å². The van der Waals surface area contributed by atoms with Crippen LogP contribution in [0.15, 0.2) is 0 Å². The fourth-order valence-electron chi connectivity index (χ4n) is 1.26. The third-order valence-corrected chi connectivity index (χ3v) is 2.22. The van der Waals surface area contributed by atoms with Crippen molar-refractivity contribution in [1.29, 1.82) is 0 Å². The average Bonchev–Trinajstić information content (AvgIpc) is 1.97. The summed E-state index contributed by atoms with van der Waals surface area (Å²) in [5.41, 5.74) is -1.07. The second-order valence-electron chi connectivity index (χ2n) is 3.59. The van der Waals surface area contributed by atoms with Crippen LogP contribution in [0.1, 0.15) is 20.3 Å². The molecule has 2 atom stereocenters. The SMILES string of the molecule is CC(=O)ON1CCC(C)(O)C(O)C1. The maximum absolute atomic E-state index is 10.6. The van der Waals surface area contributed by atoms with Gasteiger partial charge in [0.1, 0.15) is 0 Å². The van der Waals surface area contributed by atoms with Crippen LogP contribution in [0.25, 0.3) is 0 Å². The standard InChI is InChI=1S/C8H15NO4/c1-6(10)13-9-4-3-8(2,12)7(11)5-9/h7,11-12H,3-5H2,1-2H3. The van der Waals surface area contributed by atoms with Crippen molar-refractivity contribution in [2.24, 2.45) is 0 Å². The van der Waals surface area contributed by atoms with Gasteiger partial charge in [0.15, 0.2) is 0 Å². The molecule has 5 heteroatoms. The van der Waals surface area contributed by atoms with Crippen molar-refractivity contribution < 1.29 is 19.8 Å². The summed E-state index contributed by atoms with van der Waals surface area (Å²) < 4.78 is 0. The largest absolute Gasteiger partial charge is 0.389 e. The van der Waals surface area contributed by atoms with Gasteiger partial charge >= 0.3 is 5.97 Å². The molecule has 13 heavy (non-hydrogen) atoms. The molecule has 0 aromatic rings. The summed E-state index contributed by atoms with van der Waals surface area (Å²) in [4.78, 5) is 15.4. The minimum atomic E-state index is -1.07. The van der Waals surface area contributed by atoms with E-state index in [0.29, 0.717) is 13.0 Å². The van der Waals surface area contributed by atoms with Crippen LogP contribution in [-0.4, -0.2) is 46.0 Å². The number of β-amino-alcohol motifs (C(OH)–C–C–N with tert-alkyl or cyclic N) is 1. The molecule has 1 aliphatic rings. The normalized spacial score (nSPS) is 35.8. The number of carbonyl (C=O) groups excluding carboxylic acids is 1. The number of carbonyl (C=O) groups is 1. The van der Waals surface area contributed by atoms with E-state index in [1.807, 2.05) is 0 Å².